The number of amides is 2. The van der Waals surface area contributed by atoms with Gasteiger partial charge in [-0.15, -0.1) is 0 Å². The molecule has 7 heteroatoms. The van der Waals surface area contributed by atoms with Crippen LogP contribution in [0.15, 0.2) is 48.7 Å². The Labute approximate surface area is 165 Å². The van der Waals surface area contributed by atoms with Crippen LogP contribution in [0.5, 0.6) is 5.75 Å². The Hall–Kier alpha value is -3.09. The zero-order valence-electron chi connectivity index (χ0n) is 16.1. The molecule has 0 aliphatic carbocycles. The third-order valence-electron chi connectivity index (χ3n) is 4.71. The Morgan fingerprint density at radius 1 is 1.07 bits per heavy atom. The summed E-state index contributed by atoms with van der Waals surface area (Å²) in [6, 6.07) is 13.3. The van der Waals surface area contributed by atoms with E-state index in [4.69, 9.17) is 4.74 Å². The summed E-state index contributed by atoms with van der Waals surface area (Å²) >= 11 is 0. The summed E-state index contributed by atoms with van der Waals surface area (Å²) in [6.07, 6.45) is 2.05. The predicted molar refractivity (Wildman–Crippen MR) is 107 cm³/mol. The maximum absolute atomic E-state index is 12.1. The number of hydrogen-bond donors (Lipinski definition) is 1. The van der Waals surface area contributed by atoms with E-state index in [0.29, 0.717) is 32.7 Å². The standard InChI is InChI=1S/C21H26N4O3/c1-17(26)24-11-13-25(14-12-24)21-18(6-5-10-22-21)16-23-20(27)9-15-28-19-7-3-2-4-8-19/h2-8,10H,9,11-16H2,1H3,(H,23,27). The fourth-order valence-corrected chi connectivity index (χ4v) is 3.15. The zero-order valence-corrected chi connectivity index (χ0v) is 16.1. The van der Waals surface area contributed by atoms with Gasteiger partial charge in [0.2, 0.25) is 11.8 Å². The topological polar surface area (TPSA) is 74.8 Å². The molecule has 1 aliphatic heterocycles. The molecule has 148 valence electrons. The van der Waals surface area contributed by atoms with Crippen LogP contribution in [0.25, 0.3) is 0 Å². The Morgan fingerprint density at radius 2 is 1.82 bits per heavy atom. The lowest BCUT2D eigenvalue weighted by Crippen LogP contribution is -2.48. The first kappa shape index (κ1) is 19.7. The summed E-state index contributed by atoms with van der Waals surface area (Å²) in [5, 5.41) is 2.94. The van der Waals surface area contributed by atoms with Crippen molar-refractivity contribution in [2.75, 3.05) is 37.7 Å². The van der Waals surface area contributed by atoms with Gasteiger partial charge in [-0.2, -0.15) is 0 Å². The normalized spacial score (nSPS) is 13.9. The highest BCUT2D eigenvalue weighted by atomic mass is 16.5. The molecule has 2 heterocycles. The van der Waals surface area contributed by atoms with Crippen LogP contribution in [-0.4, -0.2) is 54.5 Å². The van der Waals surface area contributed by atoms with Gasteiger partial charge in [0.1, 0.15) is 11.6 Å². The largest absolute Gasteiger partial charge is 0.493 e. The molecule has 0 saturated carbocycles. The number of carbonyl (C=O) groups is 2. The number of rotatable bonds is 7. The molecule has 2 amide bonds. The quantitative estimate of drug-likeness (QED) is 0.791. The van der Waals surface area contributed by atoms with E-state index >= 15 is 0 Å². The van der Waals surface area contributed by atoms with Crippen molar-refractivity contribution in [3.63, 3.8) is 0 Å². The second-order valence-electron chi connectivity index (χ2n) is 6.67. The molecule has 1 aliphatic rings. The third-order valence-corrected chi connectivity index (χ3v) is 4.71. The Morgan fingerprint density at radius 3 is 2.54 bits per heavy atom. The molecule has 1 fully saturated rings. The van der Waals surface area contributed by atoms with Crippen LogP contribution in [-0.2, 0) is 16.1 Å². The van der Waals surface area contributed by atoms with E-state index in [-0.39, 0.29) is 11.8 Å². The van der Waals surface area contributed by atoms with Crippen molar-refractivity contribution < 1.29 is 14.3 Å². The van der Waals surface area contributed by atoms with Crippen LogP contribution in [0.3, 0.4) is 0 Å². The Balaban J connectivity index is 1.48. The average Bonchev–Trinajstić information content (AvgIpc) is 2.73. The first-order valence-corrected chi connectivity index (χ1v) is 9.52. The number of nitrogens with zero attached hydrogens (tertiary/aromatic N) is 3. The number of ether oxygens (including phenoxy) is 1. The van der Waals surface area contributed by atoms with Gasteiger partial charge in [0.05, 0.1) is 13.0 Å². The number of para-hydroxylation sites is 1. The van der Waals surface area contributed by atoms with Crippen LogP contribution in [0.4, 0.5) is 5.82 Å². The molecule has 1 saturated heterocycles. The minimum absolute atomic E-state index is 0.0628. The highest BCUT2D eigenvalue weighted by Crippen LogP contribution is 2.19. The molecule has 7 nitrogen and oxygen atoms in total. The highest BCUT2D eigenvalue weighted by molar-refractivity contribution is 5.76. The number of anilines is 1. The Kier molecular flexibility index (Phi) is 6.84. The average molecular weight is 382 g/mol. The summed E-state index contributed by atoms with van der Waals surface area (Å²) in [5.41, 5.74) is 0.969. The van der Waals surface area contributed by atoms with Crippen LogP contribution in [0.1, 0.15) is 18.9 Å². The molecule has 0 unspecified atom stereocenters. The molecule has 28 heavy (non-hydrogen) atoms. The third kappa shape index (κ3) is 5.45. The van der Waals surface area contributed by atoms with Gasteiger partial charge < -0.3 is 19.9 Å². The fraction of sp³-hybridized carbons (Fsp3) is 0.381. The number of hydrogen-bond acceptors (Lipinski definition) is 5. The number of piperazine rings is 1. The summed E-state index contributed by atoms with van der Waals surface area (Å²) in [4.78, 5) is 32.1. The summed E-state index contributed by atoms with van der Waals surface area (Å²) in [7, 11) is 0. The van der Waals surface area contributed by atoms with Gasteiger partial charge >= 0.3 is 0 Å². The molecule has 1 N–H and O–H groups in total. The van der Waals surface area contributed by atoms with E-state index in [1.807, 2.05) is 47.4 Å². The number of nitrogens with one attached hydrogen (secondary N) is 1. The minimum atomic E-state index is -0.0628. The monoisotopic (exact) mass is 382 g/mol. The molecule has 0 bridgehead atoms. The summed E-state index contributed by atoms with van der Waals surface area (Å²) < 4.78 is 5.56. The van der Waals surface area contributed by atoms with E-state index < -0.39 is 0 Å². The lowest BCUT2D eigenvalue weighted by molar-refractivity contribution is -0.129. The minimum Gasteiger partial charge on any atom is -0.493 e. The van der Waals surface area contributed by atoms with Crippen LogP contribution >= 0.6 is 0 Å². The summed E-state index contributed by atoms with van der Waals surface area (Å²) in [5.74, 6) is 1.67. The lowest BCUT2D eigenvalue weighted by atomic mass is 10.2. The van der Waals surface area contributed by atoms with Gasteiger partial charge in [0.15, 0.2) is 0 Å². The first-order chi connectivity index (χ1) is 13.6. The maximum Gasteiger partial charge on any atom is 0.223 e. The van der Waals surface area contributed by atoms with E-state index in [9.17, 15) is 9.59 Å². The molecule has 0 spiro atoms. The van der Waals surface area contributed by atoms with E-state index in [2.05, 4.69) is 15.2 Å². The smallest absolute Gasteiger partial charge is 0.223 e. The van der Waals surface area contributed by atoms with Crippen LogP contribution < -0.4 is 15.0 Å². The number of benzene rings is 1. The molecule has 0 radical (unpaired) electrons. The van der Waals surface area contributed by atoms with Gasteiger partial charge in [0, 0.05) is 51.4 Å². The highest BCUT2D eigenvalue weighted by Gasteiger charge is 2.21. The molecule has 0 atom stereocenters. The van der Waals surface area contributed by atoms with Gasteiger partial charge in [-0.25, -0.2) is 4.98 Å². The lowest BCUT2D eigenvalue weighted by Gasteiger charge is -2.35. The number of carbonyl (C=O) groups excluding carboxylic acids is 2. The molecule has 1 aromatic carbocycles. The van der Waals surface area contributed by atoms with Crippen molar-refractivity contribution in [1.29, 1.82) is 0 Å². The van der Waals surface area contributed by atoms with E-state index in [0.717, 1.165) is 30.2 Å². The van der Waals surface area contributed by atoms with Gasteiger partial charge in [0.25, 0.3) is 0 Å². The molecule has 1 aromatic heterocycles. The van der Waals surface area contributed by atoms with Crippen molar-refractivity contribution in [1.82, 2.24) is 15.2 Å². The second-order valence-corrected chi connectivity index (χ2v) is 6.67. The first-order valence-electron chi connectivity index (χ1n) is 9.52. The van der Waals surface area contributed by atoms with E-state index in [1.54, 1.807) is 13.1 Å². The SMILES string of the molecule is CC(=O)N1CCN(c2ncccc2CNC(=O)CCOc2ccccc2)CC1. The number of aromatic nitrogens is 1. The van der Waals surface area contributed by atoms with Crippen molar-refractivity contribution in [2.24, 2.45) is 0 Å². The van der Waals surface area contributed by atoms with E-state index in [1.165, 1.54) is 0 Å². The second kappa shape index (κ2) is 9.73. The van der Waals surface area contributed by atoms with Gasteiger partial charge in [-0.3, -0.25) is 9.59 Å². The van der Waals surface area contributed by atoms with Crippen molar-refractivity contribution in [2.45, 2.75) is 19.9 Å². The van der Waals surface area contributed by atoms with Gasteiger partial charge in [-0.05, 0) is 18.2 Å². The fourth-order valence-electron chi connectivity index (χ4n) is 3.15. The van der Waals surface area contributed by atoms with Crippen LogP contribution in [0.2, 0.25) is 0 Å². The predicted octanol–water partition coefficient (Wildman–Crippen LogP) is 1.84. The molecular formula is C21H26N4O3. The Bertz CT molecular complexity index is 789. The van der Waals surface area contributed by atoms with Crippen LogP contribution in [0, 0.1) is 0 Å². The zero-order chi connectivity index (χ0) is 19.8. The van der Waals surface area contributed by atoms with Crippen molar-refractivity contribution in [3.8, 4) is 5.75 Å². The van der Waals surface area contributed by atoms with Crippen molar-refractivity contribution in [3.05, 3.63) is 54.2 Å². The molecule has 3 rings (SSSR count). The molecular weight excluding hydrogens is 356 g/mol. The van der Waals surface area contributed by atoms with Gasteiger partial charge in [-0.1, -0.05) is 24.3 Å². The molecule has 2 aromatic rings. The van der Waals surface area contributed by atoms with Crippen molar-refractivity contribution >= 4 is 17.6 Å². The summed E-state index contributed by atoms with van der Waals surface area (Å²) in [6.45, 7) is 5.20. The maximum atomic E-state index is 12.1. The number of pyridine rings is 1.